The van der Waals surface area contributed by atoms with Gasteiger partial charge in [-0.2, -0.15) is 5.26 Å². The van der Waals surface area contributed by atoms with Crippen LogP contribution in [-0.2, 0) is 11.3 Å². The van der Waals surface area contributed by atoms with Crippen molar-refractivity contribution in [1.29, 1.82) is 5.26 Å². The molecule has 1 atom stereocenters. The molecule has 0 saturated carbocycles. The fourth-order valence-electron chi connectivity index (χ4n) is 2.19. The normalized spacial score (nSPS) is 19.7. The molecule has 4 heteroatoms. The Bertz CT molecular complexity index is 478. The van der Waals surface area contributed by atoms with Crippen LogP contribution in [0, 0.1) is 11.3 Å². The Balaban J connectivity index is 1.88. The smallest absolute Gasteiger partial charge is 0.222 e. The van der Waals surface area contributed by atoms with Gasteiger partial charge in [0.1, 0.15) is 0 Å². The highest BCUT2D eigenvalue weighted by Crippen LogP contribution is 2.11. The molecule has 1 aromatic rings. The minimum atomic E-state index is 0.222. The van der Waals surface area contributed by atoms with Gasteiger partial charge in [0.05, 0.1) is 11.6 Å². The Morgan fingerprint density at radius 3 is 3.11 bits per heavy atom. The van der Waals surface area contributed by atoms with Gasteiger partial charge in [0.25, 0.3) is 0 Å². The monoisotopic (exact) mass is 243 g/mol. The van der Waals surface area contributed by atoms with E-state index in [-0.39, 0.29) is 5.91 Å². The number of likely N-dealkylation sites (tertiary alicyclic amines) is 1. The molecule has 2 rings (SSSR count). The van der Waals surface area contributed by atoms with Gasteiger partial charge in [-0.15, -0.1) is 0 Å². The molecule has 4 nitrogen and oxygen atoms in total. The molecule has 0 bridgehead atoms. The topological polar surface area (TPSA) is 56.1 Å². The van der Waals surface area contributed by atoms with Gasteiger partial charge in [0.15, 0.2) is 0 Å². The summed E-state index contributed by atoms with van der Waals surface area (Å²) < 4.78 is 0. The predicted octanol–water partition coefficient (Wildman–Crippen LogP) is 1.27. The van der Waals surface area contributed by atoms with Crippen LogP contribution >= 0.6 is 0 Å². The predicted molar refractivity (Wildman–Crippen MR) is 68.7 cm³/mol. The number of hydrogen-bond acceptors (Lipinski definition) is 3. The van der Waals surface area contributed by atoms with Crippen LogP contribution in [0.25, 0.3) is 0 Å². The minimum Gasteiger partial charge on any atom is -0.344 e. The third-order valence-electron chi connectivity index (χ3n) is 3.28. The molecule has 1 aromatic carbocycles. The molecule has 1 N–H and O–H groups in total. The van der Waals surface area contributed by atoms with Crippen molar-refractivity contribution in [3.05, 3.63) is 35.4 Å². The van der Waals surface area contributed by atoms with Crippen LogP contribution in [0.1, 0.15) is 24.0 Å². The molecule has 1 aliphatic heterocycles. The van der Waals surface area contributed by atoms with Crippen molar-refractivity contribution >= 4 is 5.91 Å². The maximum atomic E-state index is 11.4. The molecular formula is C14H17N3O. The zero-order chi connectivity index (χ0) is 13.0. The fourth-order valence-corrected chi connectivity index (χ4v) is 2.19. The van der Waals surface area contributed by atoms with Crippen LogP contribution in [0.4, 0.5) is 0 Å². The van der Waals surface area contributed by atoms with Crippen molar-refractivity contribution in [2.24, 2.45) is 0 Å². The largest absolute Gasteiger partial charge is 0.344 e. The first-order valence-electron chi connectivity index (χ1n) is 6.15. The summed E-state index contributed by atoms with van der Waals surface area (Å²) in [6.45, 7) is 1.50. The lowest BCUT2D eigenvalue weighted by atomic mass is 10.0. The van der Waals surface area contributed by atoms with E-state index in [1.165, 1.54) is 0 Å². The lowest BCUT2D eigenvalue weighted by Crippen LogP contribution is -2.46. The highest BCUT2D eigenvalue weighted by molar-refractivity contribution is 5.76. The van der Waals surface area contributed by atoms with E-state index in [1.807, 2.05) is 25.2 Å². The SMILES string of the molecule is CN1CC(NCc2cccc(C#N)c2)CCC1=O. The Morgan fingerprint density at radius 2 is 2.39 bits per heavy atom. The molecule has 0 aromatic heterocycles. The van der Waals surface area contributed by atoms with Gasteiger partial charge in [-0.05, 0) is 24.1 Å². The summed E-state index contributed by atoms with van der Waals surface area (Å²) in [7, 11) is 1.84. The van der Waals surface area contributed by atoms with Crippen LogP contribution in [0.3, 0.4) is 0 Å². The van der Waals surface area contributed by atoms with E-state index in [1.54, 1.807) is 11.0 Å². The number of benzene rings is 1. The number of carbonyl (C=O) groups is 1. The number of nitrogens with zero attached hydrogens (tertiary/aromatic N) is 2. The Morgan fingerprint density at radius 1 is 1.56 bits per heavy atom. The van der Waals surface area contributed by atoms with E-state index < -0.39 is 0 Å². The number of rotatable bonds is 3. The molecule has 1 fully saturated rings. The first kappa shape index (κ1) is 12.6. The van der Waals surface area contributed by atoms with E-state index in [9.17, 15) is 4.79 Å². The maximum Gasteiger partial charge on any atom is 0.222 e. The molecule has 1 heterocycles. The van der Waals surface area contributed by atoms with Gasteiger partial charge >= 0.3 is 0 Å². The first-order chi connectivity index (χ1) is 8.69. The van der Waals surface area contributed by atoms with Crippen molar-refractivity contribution < 1.29 is 4.79 Å². The van der Waals surface area contributed by atoms with E-state index in [0.29, 0.717) is 18.0 Å². The van der Waals surface area contributed by atoms with Crippen molar-refractivity contribution in [1.82, 2.24) is 10.2 Å². The van der Waals surface area contributed by atoms with Gasteiger partial charge < -0.3 is 10.2 Å². The lowest BCUT2D eigenvalue weighted by molar-refractivity contribution is -0.132. The van der Waals surface area contributed by atoms with Gasteiger partial charge in [-0.25, -0.2) is 0 Å². The number of hydrogen-bond donors (Lipinski definition) is 1. The molecule has 0 radical (unpaired) electrons. The van der Waals surface area contributed by atoms with Crippen LogP contribution in [-0.4, -0.2) is 30.4 Å². The van der Waals surface area contributed by atoms with Crippen LogP contribution in [0.2, 0.25) is 0 Å². The summed E-state index contributed by atoms with van der Waals surface area (Å²) >= 11 is 0. The number of likely N-dealkylation sites (N-methyl/N-ethyl adjacent to an activating group) is 1. The second-order valence-electron chi connectivity index (χ2n) is 4.70. The minimum absolute atomic E-state index is 0.222. The fraction of sp³-hybridized carbons (Fsp3) is 0.429. The van der Waals surface area contributed by atoms with E-state index >= 15 is 0 Å². The maximum absolute atomic E-state index is 11.4. The van der Waals surface area contributed by atoms with Gasteiger partial charge in [-0.3, -0.25) is 4.79 Å². The third-order valence-corrected chi connectivity index (χ3v) is 3.28. The third kappa shape index (κ3) is 3.08. The van der Waals surface area contributed by atoms with Crippen LogP contribution in [0.5, 0.6) is 0 Å². The number of carbonyl (C=O) groups excluding carboxylic acids is 1. The number of amides is 1. The summed E-state index contributed by atoms with van der Waals surface area (Å²) in [4.78, 5) is 13.1. The summed E-state index contributed by atoms with van der Waals surface area (Å²) in [5.41, 5.74) is 1.79. The van der Waals surface area contributed by atoms with Crippen molar-refractivity contribution in [2.75, 3.05) is 13.6 Å². The van der Waals surface area contributed by atoms with E-state index in [2.05, 4.69) is 11.4 Å². The summed E-state index contributed by atoms with van der Waals surface area (Å²) in [5.74, 6) is 0.222. The lowest BCUT2D eigenvalue weighted by Gasteiger charge is -2.30. The van der Waals surface area contributed by atoms with E-state index in [0.717, 1.165) is 25.1 Å². The molecule has 1 aliphatic rings. The van der Waals surface area contributed by atoms with Crippen molar-refractivity contribution in [3.63, 3.8) is 0 Å². The van der Waals surface area contributed by atoms with Gasteiger partial charge in [-0.1, -0.05) is 12.1 Å². The summed E-state index contributed by atoms with van der Waals surface area (Å²) in [6, 6.07) is 10.1. The number of nitrogens with one attached hydrogen (secondary N) is 1. The molecule has 1 unspecified atom stereocenters. The second-order valence-corrected chi connectivity index (χ2v) is 4.70. The average Bonchev–Trinajstić information content (AvgIpc) is 2.40. The van der Waals surface area contributed by atoms with E-state index in [4.69, 9.17) is 5.26 Å². The second kappa shape index (κ2) is 5.65. The number of nitriles is 1. The van der Waals surface area contributed by atoms with Crippen LogP contribution in [0.15, 0.2) is 24.3 Å². The van der Waals surface area contributed by atoms with Crippen molar-refractivity contribution in [3.8, 4) is 6.07 Å². The van der Waals surface area contributed by atoms with Crippen LogP contribution < -0.4 is 5.32 Å². The molecule has 1 saturated heterocycles. The quantitative estimate of drug-likeness (QED) is 0.869. The average molecular weight is 243 g/mol. The molecule has 0 aliphatic carbocycles. The standard InChI is InChI=1S/C14H17N3O/c1-17-10-13(5-6-14(17)18)16-9-12-4-2-3-11(7-12)8-15/h2-4,7,13,16H,5-6,9-10H2,1H3. The van der Waals surface area contributed by atoms with Crippen molar-refractivity contribution in [2.45, 2.75) is 25.4 Å². The highest BCUT2D eigenvalue weighted by atomic mass is 16.2. The van der Waals surface area contributed by atoms with Gasteiger partial charge in [0.2, 0.25) is 5.91 Å². The zero-order valence-electron chi connectivity index (χ0n) is 10.5. The molecule has 1 amide bonds. The molecule has 0 spiro atoms. The summed E-state index contributed by atoms with van der Waals surface area (Å²) in [6.07, 6.45) is 1.51. The highest BCUT2D eigenvalue weighted by Gasteiger charge is 2.21. The Hall–Kier alpha value is -1.86. The first-order valence-corrected chi connectivity index (χ1v) is 6.15. The molecule has 94 valence electrons. The van der Waals surface area contributed by atoms with Gasteiger partial charge in [0, 0.05) is 32.6 Å². The molecular weight excluding hydrogens is 226 g/mol. The summed E-state index contributed by atoms with van der Waals surface area (Å²) in [5, 5.41) is 12.3. The number of piperidine rings is 1. The Kier molecular flexibility index (Phi) is 3.96. The molecule has 18 heavy (non-hydrogen) atoms. The zero-order valence-corrected chi connectivity index (χ0v) is 10.5. The Labute approximate surface area is 107 Å².